The first-order chi connectivity index (χ1) is 7.08. The van der Waals surface area contributed by atoms with Crippen LogP contribution in [0.3, 0.4) is 0 Å². The van der Waals surface area contributed by atoms with Gasteiger partial charge in [0, 0.05) is 10.3 Å². The van der Waals surface area contributed by atoms with Gasteiger partial charge in [-0.1, -0.05) is 11.6 Å². The molecule has 0 aliphatic heterocycles. The van der Waals surface area contributed by atoms with Gasteiger partial charge in [0.1, 0.15) is 0 Å². The first kappa shape index (κ1) is 11.1. The summed E-state index contributed by atoms with van der Waals surface area (Å²) in [6, 6.07) is 1.73. The molecule has 0 unspecified atom stereocenters. The molecule has 78 valence electrons. The summed E-state index contributed by atoms with van der Waals surface area (Å²) in [6.45, 7) is 0. The maximum atomic E-state index is 10.9. The number of carbonyl (C=O) groups is 1. The minimum Gasteiger partial charge on any atom is -0.476 e. The minimum atomic E-state index is -1.03. The van der Waals surface area contributed by atoms with Crippen LogP contribution in [0.1, 0.15) is 10.5 Å². The molecule has 0 aliphatic rings. The fraction of sp³-hybridized carbons (Fsp3) is 0. The third kappa shape index (κ3) is 2.23. The Morgan fingerprint density at radius 3 is 2.87 bits per heavy atom. The van der Waals surface area contributed by atoms with Crippen molar-refractivity contribution in [1.82, 2.24) is 4.98 Å². The van der Waals surface area contributed by atoms with E-state index >= 15 is 0 Å². The molecule has 0 atom stereocenters. The molecule has 7 heteroatoms. The fourth-order valence-corrected chi connectivity index (χ4v) is 3.68. The summed E-state index contributed by atoms with van der Waals surface area (Å²) in [6.07, 6.45) is 0. The molecule has 0 radical (unpaired) electrons. The topological polar surface area (TPSA) is 50.2 Å². The molecule has 0 amide bonds. The number of nitrogens with zero attached hydrogens (tertiary/aromatic N) is 1. The first-order valence-corrected chi connectivity index (χ1v) is 6.58. The van der Waals surface area contributed by atoms with Crippen LogP contribution in [0.2, 0.25) is 5.02 Å². The molecule has 0 aromatic carbocycles. The second-order valence-electron chi connectivity index (χ2n) is 2.58. The summed E-state index contributed by atoms with van der Waals surface area (Å²) >= 11 is 11.6. The Kier molecular flexibility index (Phi) is 3.11. The fourth-order valence-electron chi connectivity index (χ4n) is 1.04. The van der Waals surface area contributed by atoms with E-state index in [-0.39, 0.29) is 5.69 Å². The van der Waals surface area contributed by atoms with Crippen LogP contribution in [-0.4, -0.2) is 16.1 Å². The highest BCUT2D eigenvalue weighted by molar-refractivity contribution is 9.11. The lowest BCUT2D eigenvalue weighted by Crippen LogP contribution is -1.97. The number of hydrogen-bond donors (Lipinski definition) is 1. The number of halogens is 2. The van der Waals surface area contributed by atoms with E-state index in [4.69, 9.17) is 16.7 Å². The first-order valence-electron chi connectivity index (χ1n) is 3.72. The molecule has 2 aromatic heterocycles. The van der Waals surface area contributed by atoms with Crippen molar-refractivity contribution in [3.8, 4) is 9.75 Å². The van der Waals surface area contributed by atoms with E-state index in [0.29, 0.717) is 13.8 Å². The predicted octanol–water partition coefficient (Wildman–Crippen LogP) is 3.99. The summed E-state index contributed by atoms with van der Waals surface area (Å²) in [7, 11) is 0. The Hall–Kier alpha value is -0.430. The number of carboxylic acids is 1. The summed E-state index contributed by atoms with van der Waals surface area (Å²) in [5, 5.41) is 11.3. The Bertz CT molecular complexity index is 522. The van der Waals surface area contributed by atoms with Gasteiger partial charge in [-0.2, -0.15) is 0 Å². The molecule has 2 rings (SSSR count). The normalized spacial score (nSPS) is 10.5. The number of rotatable bonds is 2. The van der Waals surface area contributed by atoms with Crippen molar-refractivity contribution >= 4 is 56.2 Å². The summed E-state index contributed by atoms with van der Waals surface area (Å²) < 4.78 is 0.555. The molecular formula is C8H3BrClNO2S2. The second-order valence-corrected chi connectivity index (χ2v) is 6.20. The monoisotopic (exact) mass is 323 g/mol. The quantitative estimate of drug-likeness (QED) is 0.909. The van der Waals surface area contributed by atoms with Crippen molar-refractivity contribution in [2.45, 2.75) is 0 Å². The average molecular weight is 325 g/mol. The van der Waals surface area contributed by atoms with Crippen LogP contribution >= 0.6 is 50.2 Å². The number of aromatic nitrogens is 1. The third-order valence-corrected chi connectivity index (χ3v) is 4.56. The van der Waals surface area contributed by atoms with E-state index < -0.39 is 5.97 Å². The van der Waals surface area contributed by atoms with Gasteiger partial charge in [0.25, 0.3) is 0 Å². The number of thiophene rings is 1. The highest BCUT2D eigenvalue weighted by Crippen LogP contribution is 2.37. The molecule has 0 bridgehead atoms. The van der Waals surface area contributed by atoms with Gasteiger partial charge in [0.15, 0.2) is 9.61 Å². The second kappa shape index (κ2) is 4.21. The molecule has 3 nitrogen and oxygen atoms in total. The molecule has 0 spiro atoms. The van der Waals surface area contributed by atoms with Gasteiger partial charge >= 0.3 is 5.97 Å². The van der Waals surface area contributed by atoms with E-state index in [1.54, 1.807) is 11.4 Å². The van der Waals surface area contributed by atoms with Crippen molar-refractivity contribution in [2.24, 2.45) is 0 Å². The van der Waals surface area contributed by atoms with Crippen LogP contribution in [0.4, 0.5) is 0 Å². The largest absolute Gasteiger partial charge is 0.476 e. The lowest BCUT2D eigenvalue weighted by molar-refractivity contribution is 0.0692. The molecule has 0 saturated carbocycles. The number of thiazole rings is 1. The van der Waals surface area contributed by atoms with Crippen LogP contribution in [0.15, 0.2) is 15.4 Å². The predicted molar refractivity (Wildman–Crippen MR) is 65.1 cm³/mol. The molecular weight excluding hydrogens is 322 g/mol. The summed E-state index contributed by atoms with van der Waals surface area (Å²) in [5.41, 5.74) is 0.0605. The molecule has 0 saturated heterocycles. The Balaban J connectivity index is 2.56. The zero-order valence-electron chi connectivity index (χ0n) is 7.03. The van der Waals surface area contributed by atoms with Gasteiger partial charge in [-0.15, -0.1) is 22.7 Å². The molecule has 2 heterocycles. The Labute approximate surface area is 106 Å². The molecule has 0 aliphatic carbocycles. The van der Waals surface area contributed by atoms with Crippen molar-refractivity contribution in [3.63, 3.8) is 0 Å². The van der Waals surface area contributed by atoms with Crippen molar-refractivity contribution in [2.75, 3.05) is 0 Å². The Morgan fingerprint density at radius 2 is 2.33 bits per heavy atom. The van der Waals surface area contributed by atoms with Crippen LogP contribution in [0, 0.1) is 0 Å². The van der Waals surface area contributed by atoms with Crippen molar-refractivity contribution in [3.05, 3.63) is 26.1 Å². The van der Waals surface area contributed by atoms with E-state index in [2.05, 4.69) is 20.9 Å². The average Bonchev–Trinajstić information content (AvgIpc) is 2.71. The van der Waals surface area contributed by atoms with Crippen LogP contribution < -0.4 is 0 Å². The molecule has 0 fully saturated rings. The van der Waals surface area contributed by atoms with E-state index in [9.17, 15) is 4.79 Å². The number of carboxylic acid groups (broad SMARTS) is 1. The number of hydrogen-bond acceptors (Lipinski definition) is 4. The molecule has 2 aromatic rings. The highest BCUT2D eigenvalue weighted by atomic mass is 79.9. The summed E-state index contributed by atoms with van der Waals surface area (Å²) in [5.74, 6) is -1.03. The van der Waals surface area contributed by atoms with E-state index in [0.717, 1.165) is 4.88 Å². The molecule has 1 N–H and O–H groups in total. The van der Waals surface area contributed by atoms with Gasteiger partial charge in [0.2, 0.25) is 0 Å². The highest BCUT2D eigenvalue weighted by Gasteiger charge is 2.18. The van der Waals surface area contributed by atoms with Crippen molar-refractivity contribution in [1.29, 1.82) is 0 Å². The van der Waals surface area contributed by atoms with Crippen LogP contribution in [0.25, 0.3) is 9.75 Å². The van der Waals surface area contributed by atoms with Gasteiger partial charge in [-0.3, -0.25) is 0 Å². The third-order valence-electron chi connectivity index (χ3n) is 1.59. The molecule has 15 heavy (non-hydrogen) atoms. The minimum absolute atomic E-state index is 0.0605. The standard InChI is InChI=1S/C8H3BrClNO2S2/c9-8-11-5(7(12)13)6(15-8)4-1-3(10)2-14-4/h1-2H,(H,12,13). The van der Waals surface area contributed by atoms with Gasteiger partial charge in [0.05, 0.1) is 9.90 Å². The van der Waals surface area contributed by atoms with Crippen LogP contribution in [-0.2, 0) is 0 Å². The number of aromatic carboxylic acids is 1. The maximum absolute atomic E-state index is 10.9. The zero-order valence-corrected chi connectivity index (χ0v) is 11.0. The van der Waals surface area contributed by atoms with Crippen molar-refractivity contribution < 1.29 is 9.90 Å². The smallest absolute Gasteiger partial charge is 0.356 e. The van der Waals surface area contributed by atoms with E-state index in [1.807, 2.05) is 0 Å². The van der Waals surface area contributed by atoms with Gasteiger partial charge in [-0.25, -0.2) is 9.78 Å². The van der Waals surface area contributed by atoms with Crippen LogP contribution in [0.5, 0.6) is 0 Å². The maximum Gasteiger partial charge on any atom is 0.356 e. The SMILES string of the molecule is O=C(O)c1nc(Br)sc1-c1cc(Cl)cs1. The van der Waals surface area contributed by atoms with Gasteiger partial charge < -0.3 is 5.11 Å². The Morgan fingerprint density at radius 1 is 1.60 bits per heavy atom. The van der Waals surface area contributed by atoms with E-state index in [1.165, 1.54) is 22.7 Å². The summed E-state index contributed by atoms with van der Waals surface area (Å²) in [4.78, 5) is 16.3. The lowest BCUT2D eigenvalue weighted by atomic mass is 10.3. The van der Waals surface area contributed by atoms with Gasteiger partial charge in [-0.05, 0) is 22.0 Å². The lowest BCUT2D eigenvalue weighted by Gasteiger charge is -1.92. The zero-order chi connectivity index (χ0) is 11.0.